The first-order valence-corrected chi connectivity index (χ1v) is 2.41. The molecular weight excluding hydrogens is 116 g/mol. The Labute approximate surface area is 53.0 Å². The number of azide groups is 1. The van der Waals surface area contributed by atoms with Crippen molar-refractivity contribution >= 4 is 0 Å². The fraction of sp³-hybridized carbons (Fsp3) is 0.400. The maximum Gasteiger partial charge on any atom is 0.0908 e. The standard InChI is InChI=1S/C5H6N4/c1-5(8-9-7)3-2-4-6/h2-3,5H,1H3/b3-2+. The highest BCUT2D eigenvalue weighted by Crippen LogP contribution is 1.90. The van der Waals surface area contributed by atoms with Gasteiger partial charge in [-0.2, -0.15) is 5.26 Å². The first-order valence-electron chi connectivity index (χ1n) is 2.41. The molecule has 46 valence electrons. The molecule has 0 fully saturated rings. The third-order valence-corrected chi connectivity index (χ3v) is 0.683. The van der Waals surface area contributed by atoms with Crippen LogP contribution in [-0.2, 0) is 0 Å². The molecule has 0 amide bonds. The SMILES string of the molecule is CC(/C=C/C#N)N=[N+]=[N-]. The smallest absolute Gasteiger partial charge is 0.0908 e. The molecule has 0 saturated heterocycles. The molecule has 0 radical (unpaired) electrons. The lowest BCUT2D eigenvalue weighted by molar-refractivity contribution is 0.911. The second-order valence-electron chi connectivity index (χ2n) is 1.43. The Hall–Kier alpha value is -1.46. The summed E-state index contributed by atoms with van der Waals surface area (Å²) in [7, 11) is 0. The zero-order valence-electron chi connectivity index (χ0n) is 5.02. The predicted octanol–water partition coefficient (Wildman–Crippen LogP) is 1.76. The van der Waals surface area contributed by atoms with Crippen molar-refractivity contribution in [2.75, 3.05) is 0 Å². The largest absolute Gasteiger partial charge is 0.193 e. The summed E-state index contributed by atoms with van der Waals surface area (Å²) < 4.78 is 0. The Morgan fingerprint density at radius 3 is 3.00 bits per heavy atom. The van der Waals surface area contributed by atoms with Gasteiger partial charge in [-0.25, -0.2) is 0 Å². The van der Waals surface area contributed by atoms with E-state index in [-0.39, 0.29) is 6.04 Å². The van der Waals surface area contributed by atoms with Crippen molar-refractivity contribution in [3.63, 3.8) is 0 Å². The molecule has 0 N–H and O–H groups in total. The molecule has 0 aromatic carbocycles. The quantitative estimate of drug-likeness (QED) is 0.238. The van der Waals surface area contributed by atoms with E-state index in [0.717, 1.165) is 0 Å². The number of nitriles is 1. The molecule has 0 aliphatic heterocycles. The summed E-state index contributed by atoms with van der Waals surface area (Å²) in [5, 5.41) is 11.3. The molecule has 0 heterocycles. The van der Waals surface area contributed by atoms with Crippen molar-refractivity contribution in [2.45, 2.75) is 13.0 Å². The van der Waals surface area contributed by atoms with Gasteiger partial charge in [0, 0.05) is 11.0 Å². The van der Waals surface area contributed by atoms with Crippen LogP contribution in [0.1, 0.15) is 6.92 Å². The van der Waals surface area contributed by atoms with Crippen LogP contribution in [0.15, 0.2) is 17.3 Å². The minimum atomic E-state index is -0.227. The van der Waals surface area contributed by atoms with Crippen LogP contribution in [0.4, 0.5) is 0 Å². The highest BCUT2D eigenvalue weighted by atomic mass is 15.1. The third kappa shape index (κ3) is 4.39. The van der Waals surface area contributed by atoms with Gasteiger partial charge in [-0.3, -0.25) is 0 Å². The van der Waals surface area contributed by atoms with Gasteiger partial charge in [-0.05, 0) is 5.53 Å². The summed E-state index contributed by atoms with van der Waals surface area (Å²) >= 11 is 0. The first kappa shape index (κ1) is 7.54. The van der Waals surface area contributed by atoms with E-state index in [1.54, 1.807) is 13.0 Å². The predicted molar refractivity (Wildman–Crippen MR) is 33.4 cm³/mol. The van der Waals surface area contributed by atoms with Gasteiger partial charge in [-0.1, -0.05) is 18.1 Å². The molecule has 0 bridgehead atoms. The van der Waals surface area contributed by atoms with Crippen LogP contribution < -0.4 is 0 Å². The summed E-state index contributed by atoms with van der Waals surface area (Å²) in [6.07, 6.45) is 2.82. The van der Waals surface area contributed by atoms with E-state index in [4.69, 9.17) is 10.8 Å². The van der Waals surface area contributed by atoms with E-state index in [9.17, 15) is 0 Å². The van der Waals surface area contributed by atoms with Crippen LogP contribution >= 0.6 is 0 Å². The lowest BCUT2D eigenvalue weighted by atomic mass is 10.3. The zero-order chi connectivity index (χ0) is 7.11. The van der Waals surface area contributed by atoms with E-state index >= 15 is 0 Å². The van der Waals surface area contributed by atoms with Crippen molar-refractivity contribution < 1.29 is 0 Å². The van der Waals surface area contributed by atoms with Gasteiger partial charge in [0.2, 0.25) is 0 Å². The van der Waals surface area contributed by atoms with E-state index in [2.05, 4.69) is 10.0 Å². The van der Waals surface area contributed by atoms with Crippen molar-refractivity contribution in [1.29, 1.82) is 5.26 Å². The lowest BCUT2D eigenvalue weighted by Crippen LogP contribution is -1.86. The summed E-state index contributed by atoms with van der Waals surface area (Å²) in [4.78, 5) is 2.55. The average Bonchev–Trinajstić information content (AvgIpc) is 1.85. The Kier molecular flexibility index (Phi) is 3.93. The molecule has 4 heteroatoms. The molecule has 0 rings (SSSR count). The first-order chi connectivity index (χ1) is 4.31. The minimum Gasteiger partial charge on any atom is -0.193 e. The van der Waals surface area contributed by atoms with E-state index < -0.39 is 0 Å². The molecule has 1 atom stereocenters. The van der Waals surface area contributed by atoms with Crippen LogP contribution in [-0.4, -0.2) is 6.04 Å². The van der Waals surface area contributed by atoms with Crippen molar-refractivity contribution in [1.82, 2.24) is 0 Å². The molecule has 1 unspecified atom stereocenters. The maximum absolute atomic E-state index is 8.01. The van der Waals surface area contributed by atoms with Gasteiger partial charge in [0.15, 0.2) is 0 Å². The van der Waals surface area contributed by atoms with E-state index in [1.807, 2.05) is 0 Å². The number of hydrogen-bond acceptors (Lipinski definition) is 2. The highest BCUT2D eigenvalue weighted by Gasteiger charge is 1.86. The Morgan fingerprint density at radius 2 is 2.56 bits per heavy atom. The van der Waals surface area contributed by atoms with Gasteiger partial charge in [0.25, 0.3) is 0 Å². The van der Waals surface area contributed by atoms with Crippen LogP contribution in [0.5, 0.6) is 0 Å². The Bertz CT molecular complexity index is 182. The molecule has 0 aliphatic carbocycles. The van der Waals surface area contributed by atoms with Crippen LogP contribution in [0, 0.1) is 11.3 Å². The number of hydrogen-bond donors (Lipinski definition) is 0. The second kappa shape index (κ2) is 4.69. The topological polar surface area (TPSA) is 72.5 Å². The lowest BCUT2D eigenvalue weighted by Gasteiger charge is -1.87. The molecular formula is C5H6N4. The van der Waals surface area contributed by atoms with Gasteiger partial charge in [0.1, 0.15) is 0 Å². The fourth-order valence-electron chi connectivity index (χ4n) is 0.302. The van der Waals surface area contributed by atoms with Crippen molar-refractivity contribution in [2.24, 2.45) is 5.11 Å². The molecule has 0 saturated carbocycles. The minimum absolute atomic E-state index is 0.227. The third-order valence-electron chi connectivity index (χ3n) is 0.683. The molecule has 0 spiro atoms. The van der Waals surface area contributed by atoms with Crippen molar-refractivity contribution in [3.8, 4) is 6.07 Å². The highest BCUT2D eigenvalue weighted by molar-refractivity contribution is 5.05. The maximum atomic E-state index is 8.01. The summed E-state index contributed by atoms with van der Waals surface area (Å²) in [5.41, 5.74) is 7.88. The second-order valence-corrected chi connectivity index (χ2v) is 1.43. The molecule has 0 aliphatic rings. The van der Waals surface area contributed by atoms with E-state index in [0.29, 0.717) is 0 Å². The normalized spacial score (nSPS) is 12.0. The van der Waals surface area contributed by atoms with Gasteiger partial charge in [0.05, 0.1) is 12.1 Å². The van der Waals surface area contributed by atoms with Crippen LogP contribution in [0.3, 0.4) is 0 Å². The van der Waals surface area contributed by atoms with Crippen molar-refractivity contribution in [3.05, 3.63) is 22.6 Å². The van der Waals surface area contributed by atoms with Crippen LogP contribution in [0.25, 0.3) is 10.4 Å². The molecule has 0 aromatic heterocycles. The zero-order valence-corrected chi connectivity index (χ0v) is 5.02. The Morgan fingerprint density at radius 1 is 1.89 bits per heavy atom. The number of allylic oxidation sites excluding steroid dienone is 1. The summed E-state index contributed by atoms with van der Waals surface area (Å²) in [6, 6.07) is 1.57. The Balaban J connectivity index is 3.79. The summed E-state index contributed by atoms with van der Waals surface area (Å²) in [6.45, 7) is 1.70. The van der Waals surface area contributed by atoms with Gasteiger partial charge >= 0.3 is 0 Å². The van der Waals surface area contributed by atoms with Crippen LogP contribution in [0.2, 0.25) is 0 Å². The fourth-order valence-corrected chi connectivity index (χ4v) is 0.302. The average molecular weight is 122 g/mol. The van der Waals surface area contributed by atoms with Gasteiger partial charge < -0.3 is 0 Å². The van der Waals surface area contributed by atoms with Gasteiger partial charge in [-0.15, -0.1) is 0 Å². The summed E-state index contributed by atoms with van der Waals surface area (Å²) in [5.74, 6) is 0. The molecule has 4 nitrogen and oxygen atoms in total. The monoisotopic (exact) mass is 122 g/mol. The van der Waals surface area contributed by atoms with E-state index in [1.165, 1.54) is 12.2 Å². The number of rotatable bonds is 2. The number of nitrogens with zero attached hydrogens (tertiary/aromatic N) is 4. The molecule has 0 aromatic rings. The molecule has 9 heavy (non-hydrogen) atoms.